The van der Waals surface area contributed by atoms with E-state index in [4.69, 9.17) is 0 Å². The lowest BCUT2D eigenvalue weighted by atomic mass is 9.81. The summed E-state index contributed by atoms with van der Waals surface area (Å²) in [5.41, 5.74) is 2.94. The fraction of sp³-hybridized carbons (Fsp3) is 0.632. The lowest BCUT2D eigenvalue weighted by molar-refractivity contribution is -0.118. The van der Waals surface area contributed by atoms with Crippen LogP contribution in [0.4, 0.5) is 0 Å². The molecule has 1 aliphatic carbocycles. The van der Waals surface area contributed by atoms with Gasteiger partial charge in [-0.2, -0.15) is 0 Å². The maximum Gasteiger partial charge on any atom is 0.127 e. The molecule has 0 unspecified atom stereocenters. The maximum absolute atomic E-state index is 11.8. The Bertz CT molecular complexity index is 447. The number of nitrogens with zero attached hydrogens (tertiary/aromatic N) is 1. The minimum absolute atomic E-state index is 0.0625. The van der Waals surface area contributed by atoms with Gasteiger partial charge in [-0.3, -0.25) is 0 Å². The predicted octanol–water partition coefficient (Wildman–Crippen LogP) is 3.63. The van der Waals surface area contributed by atoms with E-state index in [1.54, 1.807) is 0 Å². The highest BCUT2D eigenvalue weighted by Gasteiger charge is 2.33. The van der Waals surface area contributed by atoms with E-state index in [1.165, 1.54) is 43.1 Å². The summed E-state index contributed by atoms with van der Waals surface area (Å²) in [6, 6.07) is 8.82. The molecule has 0 aromatic heterocycles. The molecule has 1 aliphatic heterocycles. The number of carbonyl (C=O) groups excluding carboxylic acids is 1. The zero-order valence-corrected chi connectivity index (χ0v) is 13.0. The zero-order valence-electron chi connectivity index (χ0n) is 13.0. The van der Waals surface area contributed by atoms with Crippen molar-refractivity contribution in [2.45, 2.75) is 51.4 Å². The van der Waals surface area contributed by atoms with Crippen molar-refractivity contribution in [2.75, 3.05) is 19.6 Å². The van der Waals surface area contributed by atoms with Gasteiger partial charge >= 0.3 is 0 Å². The third kappa shape index (κ3) is 3.55. The first-order valence-corrected chi connectivity index (χ1v) is 8.57. The lowest BCUT2D eigenvalue weighted by Gasteiger charge is -2.33. The molecule has 0 N–H and O–H groups in total. The second-order valence-electron chi connectivity index (χ2n) is 6.94. The minimum atomic E-state index is -0.0625. The number of carbonyl (C=O) groups is 1. The van der Waals surface area contributed by atoms with Crippen LogP contribution in [0.3, 0.4) is 0 Å². The topological polar surface area (TPSA) is 20.3 Å². The average Bonchev–Trinajstić information content (AvgIpc) is 2.87. The molecule has 0 spiro atoms. The Morgan fingerprint density at radius 3 is 2.05 bits per heavy atom. The molecule has 2 heteroatoms. The van der Waals surface area contributed by atoms with E-state index in [0.29, 0.717) is 0 Å². The van der Waals surface area contributed by atoms with Crippen molar-refractivity contribution >= 4 is 6.29 Å². The molecule has 0 amide bonds. The lowest BCUT2D eigenvalue weighted by Crippen LogP contribution is -2.40. The van der Waals surface area contributed by atoms with Crippen molar-refractivity contribution in [3.63, 3.8) is 0 Å². The monoisotopic (exact) mass is 285 g/mol. The van der Waals surface area contributed by atoms with Crippen molar-refractivity contribution in [3.05, 3.63) is 35.4 Å². The van der Waals surface area contributed by atoms with Gasteiger partial charge in [-0.05, 0) is 36.8 Å². The third-order valence-electron chi connectivity index (χ3n) is 5.40. The Labute approximate surface area is 128 Å². The Morgan fingerprint density at radius 1 is 0.952 bits per heavy atom. The van der Waals surface area contributed by atoms with Gasteiger partial charge in [0.05, 0.1) is 0 Å². The average molecular weight is 285 g/mol. The number of benzene rings is 1. The van der Waals surface area contributed by atoms with Gasteiger partial charge < -0.3 is 9.69 Å². The summed E-state index contributed by atoms with van der Waals surface area (Å²) in [6.45, 7) is 3.18. The molecule has 0 atom stereocenters. The van der Waals surface area contributed by atoms with E-state index in [0.717, 1.165) is 45.3 Å². The van der Waals surface area contributed by atoms with Crippen LogP contribution in [0, 0.1) is 5.41 Å². The van der Waals surface area contributed by atoms with Crippen molar-refractivity contribution < 1.29 is 4.79 Å². The first kappa shape index (κ1) is 14.8. The van der Waals surface area contributed by atoms with E-state index in [2.05, 4.69) is 29.2 Å². The largest absolute Gasteiger partial charge is 0.303 e. The van der Waals surface area contributed by atoms with Gasteiger partial charge in [-0.15, -0.1) is 0 Å². The van der Waals surface area contributed by atoms with E-state index >= 15 is 0 Å². The first-order chi connectivity index (χ1) is 10.3. The van der Waals surface area contributed by atoms with Gasteiger partial charge in [0.15, 0.2) is 0 Å². The van der Waals surface area contributed by atoms with Gasteiger partial charge in [0, 0.05) is 25.0 Å². The van der Waals surface area contributed by atoms with E-state index in [-0.39, 0.29) is 5.41 Å². The summed E-state index contributed by atoms with van der Waals surface area (Å²) in [5.74, 6) is 0. The summed E-state index contributed by atoms with van der Waals surface area (Å²) in [7, 11) is 0. The summed E-state index contributed by atoms with van der Waals surface area (Å²) < 4.78 is 0. The molecule has 1 aromatic rings. The molecule has 2 nitrogen and oxygen atoms in total. The minimum Gasteiger partial charge on any atom is -0.303 e. The van der Waals surface area contributed by atoms with Crippen LogP contribution in [0.2, 0.25) is 0 Å². The molecule has 0 radical (unpaired) electrons. The number of hydrogen-bond donors (Lipinski definition) is 0. The quantitative estimate of drug-likeness (QED) is 0.624. The molecule has 1 fully saturated rings. The standard InChI is InChI=1S/C19H27NO/c21-16-19(11-5-1-2-6-12-19)15-20-13-9-17-7-3-4-8-18(17)10-14-20/h3-4,7-8,16H,1-2,5-6,9-15H2. The maximum atomic E-state index is 11.8. The summed E-state index contributed by atoms with van der Waals surface area (Å²) in [4.78, 5) is 14.3. The number of fused-ring (bicyclic) bond motifs is 1. The highest BCUT2D eigenvalue weighted by atomic mass is 16.1. The first-order valence-electron chi connectivity index (χ1n) is 8.57. The number of hydrogen-bond acceptors (Lipinski definition) is 2. The molecule has 21 heavy (non-hydrogen) atoms. The number of aldehydes is 1. The van der Waals surface area contributed by atoms with Gasteiger partial charge in [0.2, 0.25) is 0 Å². The van der Waals surface area contributed by atoms with Crippen molar-refractivity contribution in [3.8, 4) is 0 Å². The summed E-state index contributed by atoms with van der Waals surface area (Å²) in [6.07, 6.45) is 10.8. The molecule has 1 aromatic carbocycles. The van der Waals surface area contributed by atoms with Crippen LogP contribution in [0.25, 0.3) is 0 Å². The van der Waals surface area contributed by atoms with Crippen molar-refractivity contribution in [2.24, 2.45) is 5.41 Å². The fourth-order valence-electron chi connectivity index (χ4n) is 4.06. The van der Waals surface area contributed by atoms with Crippen LogP contribution in [-0.2, 0) is 17.6 Å². The molecule has 0 saturated heterocycles. The Morgan fingerprint density at radius 2 is 1.52 bits per heavy atom. The molecular formula is C19H27NO. The van der Waals surface area contributed by atoms with Crippen LogP contribution >= 0.6 is 0 Å². The van der Waals surface area contributed by atoms with Crippen LogP contribution < -0.4 is 0 Å². The third-order valence-corrected chi connectivity index (χ3v) is 5.40. The van der Waals surface area contributed by atoms with Gasteiger partial charge in [-0.25, -0.2) is 0 Å². The van der Waals surface area contributed by atoms with Crippen molar-refractivity contribution in [1.82, 2.24) is 4.90 Å². The van der Waals surface area contributed by atoms with Crippen LogP contribution in [0.1, 0.15) is 49.7 Å². The highest BCUT2D eigenvalue weighted by molar-refractivity contribution is 5.59. The van der Waals surface area contributed by atoms with Gasteiger partial charge in [0.1, 0.15) is 6.29 Å². The Kier molecular flexibility index (Phi) is 4.74. The van der Waals surface area contributed by atoms with E-state index in [9.17, 15) is 4.79 Å². The predicted molar refractivity (Wildman–Crippen MR) is 86.5 cm³/mol. The molecule has 114 valence electrons. The Balaban J connectivity index is 1.66. The van der Waals surface area contributed by atoms with Crippen molar-refractivity contribution in [1.29, 1.82) is 0 Å². The molecule has 0 bridgehead atoms. The molecule has 3 rings (SSSR count). The molecule has 1 heterocycles. The molecule has 2 aliphatic rings. The summed E-state index contributed by atoms with van der Waals surface area (Å²) in [5, 5.41) is 0. The molecule has 1 saturated carbocycles. The highest BCUT2D eigenvalue weighted by Crippen LogP contribution is 2.34. The second kappa shape index (κ2) is 6.74. The SMILES string of the molecule is O=CC1(CN2CCc3ccccc3CC2)CCCCCC1. The van der Waals surface area contributed by atoms with E-state index < -0.39 is 0 Å². The van der Waals surface area contributed by atoms with E-state index in [1.807, 2.05) is 0 Å². The van der Waals surface area contributed by atoms with Crippen LogP contribution in [0.5, 0.6) is 0 Å². The fourth-order valence-corrected chi connectivity index (χ4v) is 4.06. The number of rotatable bonds is 3. The Hall–Kier alpha value is -1.15. The van der Waals surface area contributed by atoms with Gasteiger partial charge in [-0.1, -0.05) is 49.9 Å². The normalized spacial score (nSPS) is 22.9. The van der Waals surface area contributed by atoms with Crippen LogP contribution in [-0.4, -0.2) is 30.8 Å². The molecular weight excluding hydrogens is 258 g/mol. The smallest absolute Gasteiger partial charge is 0.127 e. The van der Waals surface area contributed by atoms with Gasteiger partial charge in [0.25, 0.3) is 0 Å². The zero-order chi connectivity index (χ0) is 14.5. The summed E-state index contributed by atoms with van der Waals surface area (Å²) >= 11 is 0. The second-order valence-corrected chi connectivity index (χ2v) is 6.94. The van der Waals surface area contributed by atoms with Crippen LogP contribution in [0.15, 0.2) is 24.3 Å².